The Morgan fingerprint density at radius 3 is 2.56 bits per heavy atom. The van der Waals surface area contributed by atoms with E-state index in [-0.39, 0.29) is 5.91 Å². The summed E-state index contributed by atoms with van der Waals surface area (Å²) >= 11 is 0. The Morgan fingerprint density at radius 2 is 2.00 bits per heavy atom. The van der Waals surface area contributed by atoms with Gasteiger partial charge in [0.1, 0.15) is 11.6 Å². The van der Waals surface area contributed by atoms with Crippen molar-refractivity contribution in [2.75, 3.05) is 5.32 Å². The number of rotatable bonds is 7. The molecule has 0 saturated heterocycles. The predicted molar refractivity (Wildman–Crippen MR) is 103 cm³/mol. The van der Waals surface area contributed by atoms with E-state index in [1.54, 1.807) is 26.8 Å². The first-order valence-corrected chi connectivity index (χ1v) is 8.69. The lowest BCUT2D eigenvalue weighted by atomic mass is 10.1. The number of alkyl carbamates (subject to hydrolysis) is 1. The molecule has 0 saturated carbocycles. The molecule has 0 aliphatic heterocycles. The number of nitrogens with one attached hydrogen (secondary N) is 2. The number of hydrogen-bond acceptors (Lipinski definition) is 3. The van der Waals surface area contributed by atoms with Crippen molar-refractivity contribution in [3.8, 4) is 0 Å². The molecule has 0 aromatic heterocycles. The lowest BCUT2D eigenvalue weighted by Crippen LogP contribution is -2.45. The Morgan fingerprint density at radius 1 is 1.32 bits per heavy atom. The molecular formula is C20H30N2O3. The highest BCUT2D eigenvalue weighted by Crippen LogP contribution is 2.19. The van der Waals surface area contributed by atoms with Crippen molar-refractivity contribution in [1.82, 2.24) is 5.32 Å². The van der Waals surface area contributed by atoms with E-state index in [0.717, 1.165) is 24.0 Å². The molecule has 0 aliphatic rings. The molecule has 1 unspecified atom stereocenters. The van der Waals surface area contributed by atoms with Crippen molar-refractivity contribution in [1.29, 1.82) is 0 Å². The van der Waals surface area contributed by atoms with Crippen LogP contribution in [0.25, 0.3) is 6.08 Å². The SMILES string of the molecule is C=Cc1cc(C)ccc1NC(=O)C(CCCC)NC(=O)OC(C)(C)C. The highest BCUT2D eigenvalue weighted by atomic mass is 16.6. The van der Waals surface area contributed by atoms with Crippen LogP contribution in [0.15, 0.2) is 24.8 Å². The molecule has 1 aromatic carbocycles. The third kappa shape index (κ3) is 7.42. The molecule has 5 heteroatoms. The second-order valence-electron chi connectivity index (χ2n) is 7.13. The van der Waals surface area contributed by atoms with Crippen molar-refractivity contribution in [2.45, 2.75) is 65.5 Å². The molecule has 0 fully saturated rings. The third-order valence-corrected chi connectivity index (χ3v) is 3.54. The van der Waals surface area contributed by atoms with E-state index < -0.39 is 17.7 Å². The summed E-state index contributed by atoms with van der Waals surface area (Å²) in [6.45, 7) is 13.2. The van der Waals surface area contributed by atoms with Crippen LogP contribution in [0.4, 0.5) is 10.5 Å². The molecular weight excluding hydrogens is 316 g/mol. The fourth-order valence-corrected chi connectivity index (χ4v) is 2.31. The smallest absolute Gasteiger partial charge is 0.408 e. The molecule has 2 N–H and O–H groups in total. The van der Waals surface area contributed by atoms with Gasteiger partial charge in [-0.1, -0.05) is 44.1 Å². The summed E-state index contributed by atoms with van der Waals surface area (Å²) in [5.41, 5.74) is 2.00. The number of anilines is 1. The van der Waals surface area contributed by atoms with Crippen LogP contribution in [0, 0.1) is 6.92 Å². The second kappa shape index (κ2) is 9.25. The predicted octanol–water partition coefficient (Wildman–Crippen LogP) is 4.66. The molecule has 138 valence electrons. The minimum atomic E-state index is -0.645. The number of unbranched alkanes of at least 4 members (excludes halogenated alkanes) is 1. The summed E-state index contributed by atoms with van der Waals surface area (Å²) in [4.78, 5) is 24.7. The molecule has 0 spiro atoms. The standard InChI is InChI=1S/C20H30N2O3/c1-7-9-10-17(22-19(24)25-20(4,5)6)18(23)21-16-12-11-14(3)13-15(16)8-2/h8,11-13,17H,2,7,9-10H2,1,3-6H3,(H,21,23)(H,22,24). The quantitative estimate of drug-likeness (QED) is 0.754. The molecule has 1 atom stereocenters. The lowest BCUT2D eigenvalue weighted by molar-refractivity contribution is -0.118. The van der Waals surface area contributed by atoms with Crippen LogP contribution in [-0.4, -0.2) is 23.6 Å². The van der Waals surface area contributed by atoms with Crippen LogP contribution >= 0.6 is 0 Å². The average molecular weight is 346 g/mol. The summed E-state index contributed by atoms with van der Waals surface area (Å²) in [5.74, 6) is -0.258. The number of ether oxygens (including phenoxy) is 1. The fraction of sp³-hybridized carbons (Fsp3) is 0.500. The Balaban J connectivity index is 2.86. The van der Waals surface area contributed by atoms with Gasteiger partial charge >= 0.3 is 6.09 Å². The van der Waals surface area contributed by atoms with Gasteiger partial charge in [-0.05, 0) is 51.8 Å². The summed E-state index contributed by atoms with van der Waals surface area (Å²) in [6.07, 6.45) is 3.43. The summed E-state index contributed by atoms with van der Waals surface area (Å²) in [6, 6.07) is 5.07. The summed E-state index contributed by atoms with van der Waals surface area (Å²) < 4.78 is 5.26. The van der Waals surface area contributed by atoms with E-state index in [9.17, 15) is 9.59 Å². The van der Waals surface area contributed by atoms with E-state index in [1.807, 2.05) is 32.0 Å². The zero-order valence-corrected chi connectivity index (χ0v) is 15.9. The van der Waals surface area contributed by atoms with E-state index in [2.05, 4.69) is 17.2 Å². The minimum absolute atomic E-state index is 0.258. The monoisotopic (exact) mass is 346 g/mol. The zero-order chi connectivity index (χ0) is 19.0. The average Bonchev–Trinajstić information content (AvgIpc) is 2.51. The number of amides is 2. The van der Waals surface area contributed by atoms with Gasteiger partial charge in [0, 0.05) is 5.69 Å². The van der Waals surface area contributed by atoms with Crippen molar-refractivity contribution < 1.29 is 14.3 Å². The summed E-state index contributed by atoms with van der Waals surface area (Å²) in [5, 5.41) is 5.56. The van der Waals surface area contributed by atoms with Gasteiger partial charge in [-0.3, -0.25) is 4.79 Å². The van der Waals surface area contributed by atoms with Crippen molar-refractivity contribution in [2.24, 2.45) is 0 Å². The van der Waals surface area contributed by atoms with Gasteiger partial charge in [0.15, 0.2) is 0 Å². The zero-order valence-electron chi connectivity index (χ0n) is 15.9. The van der Waals surface area contributed by atoms with Crippen LogP contribution in [-0.2, 0) is 9.53 Å². The van der Waals surface area contributed by atoms with E-state index >= 15 is 0 Å². The van der Waals surface area contributed by atoms with Gasteiger partial charge in [-0.15, -0.1) is 0 Å². The van der Waals surface area contributed by atoms with Crippen LogP contribution in [0.3, 0.4) is 0 Å². The van der Waals surface area contributed by atoms with Gasteiger partial charge in [-0.2, -0.15) is 0 Å². The maximum atomic E-state index is 12.7. The van der Waals surface area contributed by atoms with Crippen molar-refractivity contribution in [3.05, 3.63) is 35.9 Å². The largest absolute Gasteiger partial charge is 0.444 e. The summed E-state index contributed by atoms with van der Waals surface area (Å²) in [7, 11) is 0. The molecule has 0 radical (unpaired) electrons. The Kier molecular flexibility index (Phi) is 7.68. The first-order chi connectivity index (χ1) is 11.7. The van der Waals surface area contributed by atoms with Crippen LogP contribution < -0.4 is 10.6 Å². The van der Waals surface area contributed by atoms with E-state index in [4.69, 9.17) is 4.74 Å². The first-order valence-electron chi connectivity index (χ1n) is 8.69. The second-order valence-corrected chi connectivity index (χ2v) is 7.13. The van der Waals surface area contributed by atoms with Gasteiger partial charge in [0.2, 0.25) is 5.91 Å². The van der Waals surface area contributed by atoms with Crippen LogP contribution in [0.5, 0.6) is 0 Å². The number of benzene rings is 1. The van der Waals surface area contributed by atoms with Crippen molar-refractivity contribution >= 4 is 23.8 Å². The molecule has 25 heavy (non-hydrogen) atoms. The highest BCUT2D eigenvalue weighted by molar-refractivity contribution is 5.98. The third-order valence-electron chi connectivity index (χ3n) is 3.54. The molecule has 0 heterocycles. The molecule has 5 nitrogen and oxygen atoms in total. The Hall–Kier alpha value is -2.30. The number of carbonyl (C=O) groups excluding carboxylic acids is 2. The molecule has 1 rings (SSSR count). The van der Waals surface area contributed by atoms with Gasteiger partial charge < -0.3 is 15.4 Å². The highest BCUT2D eigenvalue weighted by Gasteiger charge is 2.24. The van der Waals surface area contributed by atoms with Crippen LogP contribution in [0.1, 0.15) is 58.1 Å². The fourth-order valence-electron chi connectivity index (χ4n) is 2.31. The van der Waals surface area contributed by atoms with E-state index in [1.165, 1.54) is 0 Å². The maximum absolute atomic E-state index is 12.7. The van der Waals surface area contributed by atoms with E-state index in [0.29, 0.717) is 12.1 Å². The number of carbonyl (C=O) groups is 2. The topological polar surface area (TPSA) is 67.4 Å². The Labute approximate surface area is 150 Å². The number of aryl methyl sites for hydroxylation is 1. The maximum Gasteiger partial charge on any atom is 0.408 e. The lowest BCUT2D eigenvalue weighted by Gasteiger charge is -2.23. The van der Waals surface area contributed by atoms with Gasteiger partial charge in [0.25, 0.3) is 0 Å². The number of hydrogen-bond donors (Lipinski definition) is 2. The first kappa shape index (κ1) is 20.7. The molecule has 1 aromatic rings. The molecule has 2 amide bonds. The van der Waals surface area contributed by atoms with Gasteiger partial charge in [0.05, 0.1) is 0 Å². The molecule has 0 bridgehead atoms. The Bertz CT molecular complexity index is 618. The van der Waals surface area contributed by atoms with Crippen molar-refractivity contribution in [3.63, 3.8) is 0 Å². The normalized spacial score (nSPS) is 12.2. The molecule has 0 aliphatic carbocycles. The minimum Gasteiger partial charge on any atom is -0.444 e. The van der Waals surface area contributed by atoms with Gasteiger partial charge in [-0.25, -0.2) is 4.79 Å². The van der Waals surface area contributed by atoms with Crippen LogP contribution in [0.2, 0.25) is 0 Å².